The van der Waals surface area contributed by atoms with Crippen molar-refractivity contribution in [1.82, 2.24) is 10.2 Å². The Morgan fingerprint density at radius 2 is 2.10 bits per heavy atom. The van der Waals surface area contributed by atoms with Crippen molar-refractivity contribution >= 4 is 17.4 Å². The van der Waals surface area contributed by atoms with Crippen LogP contribution in [0.2, 0.25) is 0 Å². The maximum atomic E-state index is 12.1. The van der Waals surface area contributed by atoms with Gasteiger partial charge in [-0.25, -0.2) is 0 Å². The third kappa shape index (κ3) is 4.37. The molecule has 1 atom stereocenters. The lowest BCUT2D eigenvalue weighted by Gasteiger charge is -2.16. The Hall–Kier alpha value is -1.72. The van der Waals surface area contributed by atoms with Gasteiger partial charge >= 0.3 is 0 Å². The van der Waals surface area contributed by atoms with Crippen molar-refractivity contribution in [3.8, 4) is 0 Å². The van der Waals surface area contributed by atoms with Crippen molar-refractivity contribution in [2.24, 2.45) is 5.92 Å². The van der Waals surface area contributed by atoms with Gasteiger partial charge in [-0.15, -0.1) is 0 Å². The van der Waals surface area contributed by atoms with Gasteiger partial charge in [0.05, 0.1) is 12.2 Å². The Labute approximate surface area is 125 Å². The number of amides is 1. The van der Waals surface area contributed by atoms with Gasteiger partial charge in [-0.05, 0) is 51.5 Å². The first kappa shape index (κ1) is 15.7. The predicted octanol–water partition coefficient (Wildman–Crippen LogP) is 1.37. The number of anilines is 1. The molecule has 21 heavy (non-hydrogen) atoms. The quantitative estimate of drug-likeness (QED) is 0.777. The van der Waals surface area contributed by atoms with Gasteiger partial charge in [0.15, 0.2) is 5.78 Å². The number of hydrogen-bond acceptors (Lipinski definition) is 4. The molecule has 1 amide bonds. The topological polar surface area (TPSA) is 61.4 Å². The van der Waals surface area contributed by atoms with Crippen molar-refractivity contribution in [1.29, 1.82) is 0 Å². The third-order valence-corrected chi connectivity index (χ3v) is 3.81. The molecule has 2 N–H and O–H groups in total. The normalized spacial score (nSPS) is 18.7. The van der Waals surface area contributed by atoms with Crippen molar-refractivity contribution < 1.29 is 9.59 Å². The molecule has 2 rings (SSSR count). The Morgan fingerprint density at radius 3 is 2.81 bits per heavy atom. The molecule has 1 aliphatic heterocycles. The van der Waals surface area contributed by atoms with Gasteiger partial charge in [0.1, 0.15) is 0 Å². The van der Waals surface area contributed by atoms with E-state index in [1.54, 1.807) is 18.2 Å². The number of rotatable bonds is 6. The summed E-state index contributed by atoms with van der Waals surface area (Å²) in [5.41, 5.74) is 1.15. The number of ketones is 1. The molecule has 1 aromatic carbocycles. The number of benzene rings is 1. The minimum absolute atomic E-state index is 0.0406. The van der Waals surface area contributed by atoms with Gasteiger partial charge in [-0.2, -0.15) is 0 Å². The van der Waals surface area contributed by atoms with Crippen LogP contribution in [0.1, 0.15) is 23.7 Å². The lowest BCUT2D eigenvalue weighted by atomic mass is 10.1. The molecule has 1 unspecified atom stereocenters. The van der Waals surface area contributed by atoms with E-state index < -0.39 is 0 Å². The van der Waals surface area contributed by atoms with E-state index >= 15 is 0 Å². The first-order valence-corrected chi connectivity index (χ1v) is 7.37. The highest BCUT2D eigenvalue weighted by atomic mass is 16.2. The highest BCUT2D eigenvalue weighted by molar-refractivity contribution is 6.04. The fraction of sp³-hybridized carbons (Fsp3) is 0.500. The van der Waals surface area contributed by atoms with Crippen LogP contribution in [0.3, 0.4) is 0 Å². The van der Waals surface area contributed by atoms with Crippen LogP contribution in [-0.4, -0.2) is 49.8 Å². The summed E-state index contributed by atoms with van der Waals surface area (Å²) in [4.78, 5) is 25.8. The van der Waals surface area contributed by atoms with Gasteiger partial charge in [-0.3, -0.25) is 14.5 Å². The summed E-state index contributed by atoms with van der Waals surface area (Å²) in [7, 11) is 1.95. The zero-order valence-electron chi connectivity index (χ0n) is 12.7. The molecule has 1 aliphatic rings. The van der Waals surface area contributed by atoms with E-state index in [4.69, 9.17) is 0 Å². The summed E-state index contributed by atoms with van der Waals surface area (Å²) in [6.45, 7) is 4.78. The SMILES string of the molecule is CNCC1CCN(CC(=O)Nc2ccccc2C(C)=O)C1. The van der Waals surface area contributed by atoms with E-state index in [-0.39, 0.29) is 11.7 Å². The van der Waals surface area contributed by atoms with Crippen LogP contribution < -0.4 is 10.6 Å². The van der Waals surface area contributed by atoms with Crippen LogP contribution in [0.5, 0.6) is 0 Å². The van der Waals surface area contributed by atoms with Crippen LogP contribution in [0.25, 0.3) is 0 Å². The molecule has 5 nitrogen and oxygen atoms in total. The fourth-order valence-corrected chi connectivity index (χ4v) is 2.80. The Kier molecular flexibility index (Phi) is 5.47. The molecule has 1 heterocycles. The lowest BCUT2D eigenvalue weighted by Crippen LogP contribution is -2.32. The standard InChI is InChI=1S/C16H23N3O2/c1-12(20)14-5-3-4-6-15(14)18-16(21)11-19-8-7-13(10-19)9-17-2/h3-6,13,17H,7-11H2,1-2H3,(H,18,21). The number of hydrogen-bond donors (Lipinski definition) is 2. The number of carbonyl (C=O) groups excluding carboxylic acids is 2. The number of carbonyl (C=O) groups is 2. The van der Waals surface area contributed by atoms with Gasteiger partial charge < -0.3 is 10.6 Å². The van der Waals surface area contributed by atoms with E-state index in [1.165, 1.54) is 6.92 Å². The molecule has 0 aliphatic carbocycles. The van der Waals surface area contributed by atoms with E-state index in [1.807, 2.05) is 13.1 Å². The number of Topliss-reactive ketones (excluding diaryl/α,β-unsaturated/α-hetero) is 1. The van der Waals surface area contributed by atoms with Crippen molar-refractivity contribution in [3.63, 3.8) is 0 Å². The number of nitrogens with zero attached hydrogens (tertiary/aromatic N) is 1. The lowest BCUT2D eigenvalue weighted by molar-refractivity contribution is -0.117. The maximum Gasteiger partial charge on any atom is 0.238 e. The van der Waals surface area contributed by atoms with E-state index in [2.05, 4.69) is 15.5 Å². The highest BCUT2D eigenvalue weighted by Crippen LogP contribution is 2.17. The molecule has 0 spiro atoms. The molecule has 0 radical (unpaired) electrons. The predicted molar refractivity (Wildman–Crippen MR) is 83.5 cm³/mol. The first-order chi connectivity index (χ1) is 10.1. The minimum Gasteiger partial charge on any atom is -0.324 e. The number of nitrogens with one attached hydrogen (secondary N) is 2. The van der Waals surface area contributed by atoms with Crippen LogP contribution in [-0.2, 0) is 4.79 Å². The summed E-state index contributed by atoms with van der Waals surface area (Å²) in [5, 5.41) is 6.03. The van der Waals surface area contributed by atoms with Crippen molar-refractivity contribution in [2.75, 3.05) is 38.5 Å². The number of likely N-dealkylation sites (tertiary alicyclic amines) is 1. The molecular formula is C16H23N3O2. The molecule has 0 bridgehead atoms. The second-order valence-electron chi connectivity index (χ2n) is 5.60. The maximum absolute atomic E-state index is 12.1. The van der Waals surface area contributed by atoms with Gasteiger partial charge in [-0.1, -0.05) is 12.1 Å². The first-order valence-electron chi connectivity index (χ1n) is 7.37. The summed E-state index contributed by atoms with van der Waals surface area (Å²) < 4.78 is 0. The van der Waals surface area contributed by atoms with Gasteiger partial charge in [0.2, 0.25) is 5.91 Å². The Balaban J connectivity index is 1.90. The number of para-hydroxylation sites is 1. The molecule has 1 aromatic rings. The Bertz CT molecular complexity index is 516. The van der Waals surface area contributed by atoms with Crippen LogP contribution in [0, 0.1) is 5.92 Å². The van der Waals surface area contributed by atoms with Crippen LogP contribution in [0.4, 0.5) is 5.69 Å². The van der Waals surface area contributed by atoms with Crippen molar-refractivity contribution in [2.45, 2.75) is 13.3 Å². The molecule has 0 aromatic heterocycles. The monoisotopic (exact) mass is 289 g/mol. The zero-order chi connectivity index (χ0) is 15.2. The molecule has 5 heteroatoms. The minimum atomic E-state index is -0.0613. The average molecular weight is 289 g/mol. The Morgan fingerprint density at radius 1 is 1.33 bits per heavy atom. The second kappa shape index (κ2) is 7.33. The summed E-state index contributed by atoms with van der Waals surface area (Å²) >= 11 is 0. The molecule has 0 saturated carbocycles. The van der Waals surface area contributed by atoms with Gasteiger partial charge in [0, 0.05) is 12.1 Å². The zero-order valence-corrected chi connectivity index (χ0v) is 12.7. The van der Waals surface area contributed by atoms with E-state index in [9.17, 15) is 9.59 Å². The van der Waals surface area contributed by atoms with E-state index in [0.717, 1.165) is 26.1 Å². The van der Waals surface area contributed by atoms with E-state index in [0.29, 0.717) is 23.7 Å². The summed E-state index contributed by atoms with van der Waals surface area (Å²) in [5.74, 6) is 0.516. The molecule has 1 fully saturated rings. The van der Waals surface area contributed by atoms with Crippen molar-refractivity contribution in [3.05, 3.63) is 29.8 Å². The summed E-state index contributed by atoms with van der Waals surface area (Å²) in [6.07, 6.45) is 1.12. The molecular weight excluding hydrogens is 266 g/mol. The largest absolute Gasteiger partial charge is 0.324 e. The van der Waals surface area contributed by atoms with Crippen LogP contribution in [0.15, 0.2) is 24.3 Å². The smallest absolute Gasteiger partial charge is 0.238 e. The third-order valence-electron chi connectivity index (χ3n) is 3.81. The highest BCUT2D eigenvalue weighted by Gasteiger charge is 2.23. The van der Waals surface area contributed by atoms with Gasteiger partial charge in [0.25, 0.3) is 0 Å². The summed E-state index contributed by atoms with van der Waals surface area (Å²) in [6, 6.07) is 7.12. The second-order valence-corrected chi connectivity index (χ2v) is 5.60. The fourth-order valence-electron chi connectivity index (χ4n) is 2.80. The average Bonchev–Trinajstić information content (AvgIpc) is 2.86. The molecule has 114 valence electrons. The molecule has 1 saturated heterocycles. The van der Waals surface area contributed by atoms with Crippen LogP contribution >= 0.6 is 0 Å².